The number of allylic oxidation sites excluding steroid dienone is 1. The topological polar surface area (TPSA) is 59.8 Å². The van der Waals surface area contributed by atoms with E-state index < -0.39 is 11.4 Å². The maximum Gasteiger partial charge on any atom is 0.347 e. The summed E-state index contributed by atoms with van der Waals surface area (Å²) in [5.74, 6) is 0.356. The minimum absolute atomic E-state index is 0.0200. The van der Waals surface area contributed by atoms with Crippen LogP contribution in [0, 0.1) is 0 Å². The molecular formula is C24H25NO4. The van der Waals surface area contributed by atoms with Crippen LogP contribution in [0.2, 0.25) is 0 Å². The van der Waals surface area contributed by atoms with Gasteiger partial charge in [-0.2, -0.15) is 0 Å². The lowest BCUT2D eigenvalue weighted by Gasteiger charge is -2.18. The minimum Gasteiger partial charge on any atom is -0.492 e. The van der Waals surface area contributed by atoms with Crippen molar-refractivity contribution in [2.45, 2.75) is 13.8 Å². The van der Waals surface area contributed by atoms with E-state index >= 15 is 0 Å². The van der Waals surface area contributed by atoms with Gasteiger partial charge in [0.25, 0.3) is 0 Å². The molecule has 0 unspecified atom stereocenters. The van der Waals surface area contributed by atoms with Crippen LogP contribution in [0.4, 0.5) is 0 Å². The number of likely N-dealkylation sites (N-methyl/N-ethyl adjacent to an activating group) is 1. The third-order valence-electron chi connectivity index (χ3n) is 4.76. The molecule has 0 aliphatic rings. The van der Waals surface area contributed by atoms with Gasteiger partial charge < -0.3 is 14.1 Å². The van der Waals surface area contributed by atoms with Gasteiger partial charge in [0.05, 0.1) is 0 Å². The van der Waals surface area contributed by atoms with Crippen LogP contribution < -0.4 is 10.4 Å². The van der Waals surface area contributed by atoms with E-state index in [1.807, 2.05) is 30.3 Å². The second-order valence-corrected chi connectivity index (χ2v) is 6.63. The van der Waals surface area contributed by atoms with E-state index in [9.17, 15) is 9.59 Å². The molecule has 0 bridgehead atoms. The highest BCUT2D eigenvalue weighted by atomic mass is 16.5. The highest BCUT2D eigenvalue weighted by Gasteiger charge is 2.11. The molecule has 5 heteroatoms. The molecule has 150 valence electrons. The molecule has 2 aromatic carbocycles. The van der Waals surface area contributed by atoms with Crippen molar-refractivity contribution in [2.75, 3.05) is 26.2 Å². The second-order valence-electron chi connectivity index (χ2n) is 6.63. The maximum atomic E-state index is 12.5. The fraction of sp³-hybridized carbons (Fsp3) is 0.250. The molecule has 0 aliphatic heterocycles. The van der Waals surface area contributed by atoms with Crippen LogP contribution in [0.15, 0.2) is 69.9 Å². The van der Waals surface area contributed by atoms with Crippen LogP contribution in [0.1, 0.15) is 29.8 Å². The zero-order chi connectivity index (χ0) is 20.6. The molecule has 0 fully saturated rings. The Morgan fingerprint density at radius 1 is 1.07 bits per heavy atom. The van der Waals surface area contributed by atoms with Crippen molar-refractivity contribution in [3.05, 3.63) is 82.2 Å². The molecule has 5 nitrogen and oxygen atoms in total. The predicted molar refractivity (Wildman–Crippen MR) is 116 cm³/mol. The summed E-state index contributed by atoms with van der Waals surface area (Å²) in [4.78, 5) is 26.9. The van der Waals surface area contributed by atoms with Gasteiger partial charge in [0.1, 0.15) is 23.5 Å². The van der Waals surface area contributed by atoms with E-state index in [0.717, 1.165) is 30.9 Å². The molecule has 0 atom stereocenters. The number of hydrogen-bond acceptors (Lipinski definition) is 5. The number of fused-ring (bicyclic) bond motifs is 1. The van der Waals surface area contributed by atoms with Crippen LogP contribution in [0.5, 0.6) is 5.75 Å². The van der Waals surface area contributed by atoms with E-state index in [2.05, 4.69) is 18.7 Å². The summed E-state index contributed by atoms with van der Waals surface area (Å²) >= 11 is 0. The van der Waals surface area contributed by atoms with Gasteiger partial charge in [-0.1, -0.05) is 50.3 Å². The first-order valence-electron chi connectivity index (χ1n) is 9.81. The number of ether oxygens (including phenoxy) is 1. The molecule has 0 saturated carbocycles. The van der Waals surface area contributed by atoms with Crippen LogP contribution in [-0.4, -0.2) is 36.9 Å². The Morgan fingerprint density at radius 3 is 2.66 bits per heavy atom. The monoisotopic (exact) mass is 391 g/mol. The fourth-order valence-electron chi connectivity index (χ4n) is 3.04. The smallest absolute Gasteiger partial charge is 0.347 e. The van der Waals surface area contributed by atoms with Gasteiger partial charge in [0, 0.05) is 11.9 Å². The number of para-hydroxylation sites is 1. The van der Waals surface area contributed by atoms with Crippen LogP contribution in [0.25, 0.3) is 17.0 Å². The van der Waals surface area contributed by atoms with E-state index in [1.165, 1.54) is 6.08 Å². The number of nitrogens with zero attached hydrogens (tertiary/aromatic N) is 1. The van der Waals surface area contributed by atoms with Gasteiger partial charge in [-0.15, -0.1) is 0 Å². The molecule has 0 saturated heterocycles. The third-order valence-corrected chi connectivity index (χ3v) is 4.76. The lowest BCUT2D eigenvalue weighted by atomic mass is 10.1. The van der Waals surface area contributed by atoms with E-state index in [4.69, 9.17) is 9.15 Å². The van der Waals surface area contributed by atoms with Crippen molar-refractivity contribution in [1.82, 2.24) is 4.90 Å². The molecule has 1 aromatic heterocycles. The van der Waals surface area contributed by atoms with Gasteiger partial charge in [-0.25, -0.2) is 4.79 Å². The largest absolute Gasteiger partial charge is 0.492 e. The average Bonchev–Trinajstić information content (AvgIpc) is 2.75. The molecular weight excluding hydrogens is 366 g/mol. The molecule has 3 rings (SSSR count). The van der Waals surface area contributed by atoms with Gasteiger partial charge in [0.2, 0.25) is 0 Å². The second kappa shape index (κ2) is 9.85. The minimum atomic E-state index is -0.633. The number of rotatable bonds is 9. The van der Waals surface area contributed by atoms with Crippen LogP contribution >= 0.6 is 0 Å². The first-order chi connectivity index (χ1) is 14.1. The molecule has 0 N–H and O–H groups in total. The number of ketones is 1. The lowest BCUT2D eigenvalue weighted by Crippen LogP contribution is -2.27. The first kappa shape index (κ1) is 20.6. The summed E-state index contributed by atoms with van der Waals surface area (Å²) in [6.07, 6.45) is 3.06. The number of benzene rings is 2. The average molecular weight is 391 g/mol. The van der Waals surface area contributed by atoms with Gasteiger partial charge in [-0.05, 0) is 49.0 Å². The Labute approximate surface area is 170 Å². The first-order valence-corrected chi connectivity index (χ1v) is 9.81. The molecule has 0 radical (unpaired) electrons. The summed E-state index contributed by atoms with van der Waals surface area (Å²) in [6.45, 7) is 7.71. The van der Waals surface area contributed by atoms with Crippen LogP contribution in [0.3, 0.4) is 0 Å². The normalized spacial score (nSPS) is 11.4. The van der Waals surface area contributed by atoms with E-state index in [-0.39, 0.29) is 5.56 Å². The van der Waals surface area contributed by atoms with Crippen molar-refractivity contribution in [1.29, 1.82) is 0 Å². The van der Waals surface area contributed by atoms with Crippen molar-refractivity contribution in [3.8, 4) is 5.75 Å². The highest BCUT2D eigenvalue weighted by Crippen LogP contribution is 2.16. The Kier molecular flexibility index (Phi) is 6.98. The van der Waals surface area contributed by atoms with E-state index in [0.29, 0.717) is 17.6 Å². The summed E-state index contributed by atoms with van der Waals surface area (Å²) in [5.41, 5.74) is 0.676. The fourth-order valence-corrected chi connectivity index (χ4v) is 3.04. The maximum absolute atomic E-state index is 12.5. The Hall–Kier alpha value is -3.18. The lowest BCUT2D eigenvalue weighted by molar-refractivity contribution is 0.104. The SMILES string of the molecule is CCN(CC)CCOc1cccc(/C=C/C(=O)c2cc3ccccc3oc2=O)c1. The highest BCUT2D eigenvalue weighted by molar-refractivity contribution is 6.07. The summed E-state index contributed by atoms with van der Waals surface area (Å²) in [5, 5.41) is 0.715. The molecule has 3 aromatic rings. The van der Waals surface area contributed by atoms with Gasteiger partial charge in [-0.3, -0.25) is 4.79 Å². The third kappa shape index (κ3) is 5.42. The Bertz CT molecular complexity index is 1060. The molecule has 0 aliphatic carbocycles. The number of carbonyl (C=O) groups is 1. The van der Waals surface area contributed by atoms with Gasteiger partial charge in [0.15, 0.2) is 5.78 Å². The summed E-state index contributed by atoms with van der Waals surface area (Å²) in [6, 6.07) is 16.2. The van der Waals surface area contributed by atoms with Crippen molar-refractivity contribution < 1.29 is 13.9 Å². The van der Waals surface area contributed by atoms with Crippen molar-refractivity contribution in [2.24, 2.45) is 0 Å². The molecule has 29 heavy (non-hydrogen) atoms. The van der Waals surface area contributed by atoms with Crippen molar-refractivity contribution >= 4 is 22.8 Å². The standard InChI is InChI=1S/C24H25NO4/c1-3-25(4-2)14-15-28-20-10-7-8-18(16-20)12-13-22(26)21-17-19-9-5-6-11-23(19)29-24(21)27/h5-13,16-17H,3-4,14-15H2,1-2H3/b13-12+. The quantitative estimate of drug-likeness (QED) is 0.307. The Morgan fingerprint density at radius 2 is 1.86 bits per heavy atom. The predicted octanol–water partition coefficient (Wildman–Crippen LogP) is 4.41. The van der Waals surface area contributed by atoms with E-state index in [1.54, 1.807) is 30.3 Å². The zero-order valence-electron chi connectivity index (χ0n) is 16.8. The Balaban J connectivity index is 1.69. The summed E-state index contributed by atoms with van der Waals surface area (Å²) in [7, 11) is 0. The molecule has 0 amide bonds. The summed E-state index contributed by atoms with van der Waals surface area (Å²) < 4.78 is 11.0. The van der Waals surface area contributed by atoms with Crippen molar-refractivity contribution in [3.63, 3.8) is 0 Å². The molecule has 1 heterocycles. The number of hydrogen-bond donors (Lipinski definition) is 0. The van der Waals surface area contributed by atoms with Gasteiger partial charge >= 0.3 is 5.63 Å². The van der Waals surface area contributed by atoms with Crippen LogP contribution in [-0.2, 0) is 0 Å². The number of carbonyl (C=O) groups excluding carboxylic acids is 1. The zero-order valence-corrected chi connectivity index (χ0v) is 16.8. The molecule has 0 spiro atoms.